The third-order valence-electron chi connectivity index (χ3n) is 3.43. The topological polar surface area (TPSA) is 28.7 Å². The van der Waals surface area contributed by atoms with Crippen LogP contribution in [0.2, 0.25) is 0 Å². The van der Waals surface area contributed by atoms with E-state index in [9.17, 15) is 0 Å². The standard InChI is InChI=1S/C15H18N2S/c1-8-6-10(3)13(7-9(8)2)14-15(18)17-12(5)11(4)16-14/h6-7H,1-5H3,(H,17,18). The molecule has 0 spiro atoms. The Hall–Kier alpha value is -1.48. The van der Waals surface area contributed by atoms with E-state index in [0.717, 1.165) is 22.6 Å². The molecule has 94 valence electrons. The molecule has 0 fully saturated rings. The van der Waals surface area contributed by atoms with Gasteiger partial charge in [0.25, 0.3) is 0 Å². The Morgan fingerprint density at radius 3 is 2.22 bits per heavy atom. The Morgan fingerprint density at radius 2 is 1.56 bits per heavy atom. The summed E-state index contributed by atoms with van der Waals surface area (Å²) in [6.07, 6.45) is 0. The van der Waals surface area contributed by atoms with Crippen molar-refractivity contribution in [2.45, 2.75) is 34.6 Å². The number of H-pyrrole nitrogens is 1. The summed E-state index contributed by atoms with van der Waals surface area (Å²) in [5.74, 6) is 0. The minimum Gasteiger partial charge on any atom is -0.347 e. The molecule has 0 saturated heterocycles. The van der Waals surface area contributed by atoms with Gasteiger partial charge in [-0.1, -0.05) is 18.3 Å². The highest BCUT2D eigenvalue weighted by Crippen LogP contribution is 2.26. The maximum absolute atomic E-state index is 5.40. The first kappa shape index (κ1) is 13.0. The van der Waals surface area contributed by atoms with Gasteiger partial charge in [0.1, 0.15) is 10.3 Å². The van der Waals surface area contributed by atoms with Crippen molar-refractivity contribution in [3.05, 3.63) is 44.9 Å². The van der Waals surface area contributed by atoms with Crippen LogP contribution in [-0.2, 0) is 0 Å². The number of hydrogen-bond donors (Lipinski definition) is 1. The Kier molecular flexibility index (Phi) is 3.35. The van der Waals surface area contributed by atoms with Crippen molar-refractivity contribution in [1.82, 2.24) is 9.97 Å². The molecule has 0 aliphatic heterocycles. The minimum atomic E-state index is 0.712. The summed E-state index contributed by atoms with van der Waals surface area (Å²) in [5.41, 5.74) is 7.82. The molecule has 0 atom stereocenters. The van der Waals surface area contributed by atoms with Crippen LogP contribution in [0, 0.1) is 39.3 Å². The summed E-state index contributed by atoms with van der Waals surface area (Å²) < 4.78 is 0.712. The number of hydrogen-bond acceptors (Lipinski definition) is 2. The SMILES string of the molecule is Cc1cc(C)c(-c2nc(C)c(C)[nH]c2=S)cc1C. The van der Waals surface area contributed by atoms with E-state index in [0.29, 0.717) is 4.64 Å². The minimum absolute atomic E-state index is 0.712. The average Bonchev–Trinajstić information content (AvgIpc) is 2.29. The number of aryl methyl sites for hydroxylation is 5. The summed E-state index contributed by atoms with van der Waals surface area (Å²) >= 11 is 5.40. The molecule has 0 aliphatic rings. The number of rotatable bonds is 1. The zero-order valence-electron chi connectivity index (χ0n) is 11.5. The zero-order valence-corrected chi connectivity index (χ0v) is 12.3. The van der Waals surface area contributed by atoms with Gasteiger partial charge in [0, 0.05) is 11.3 Å². The van der Waals surface area contributed by atoms with Crippen LogP contribution in [0.3, 0.4) is 0 Å². The van der Waals surface area contributed by atoms with E-state index in [1.165, 1.54) is 16.7 Å². The van der Waals surface area contributed by atoms with Gasteiger partial charge in [0.2, 0.25) is 0 Å². The van der Waals surface area contributed by atoms with Gasteiger partial charge in [-0.05, 0) is 57.4 Å². The molecular formula is C15H18N2S. The van der Waals surface area contributed by atoms with Crippen LogP contribution >= 0.6 is 12.2 Å². The Bertz CT molecular complexity index is 669. The molecule has 18 heavy (non-hydrogen) atoms. The predicted molar refractivity (Wildman–Crippen MR) is 78.5 cm³/mol. The van der Waals surface area contributed by atoms with Crippen LogP contribution in [0.4, 0.5) is 0 Å². The van der Waals surface area contributed by atoms with Crippen molar-refractivity contribution in [2.75, 3.05) is 0 Å². The van der Waals surface area contributed by atoms with Crippen LogP contribution in [0.1, 0.15) is 28.1 Å². The van der Waals surface area contributed by atoms with E-state index in [1.54, 1.807) is 0 Å². The van der Waals surface area contributed by atoms with Gasteiger partial charge in [0.15, 0.2) is 0 Å². The van der Waals surface area contributed by atoms with E-state index in [4.69, 9.17) is 12.2 Å². The van der Waals surface area contributed by atoms with Crippen molar-refractivity contribution in [1.29, 1.82) is 0 Å². The predicted octanol–water partition coefficient (Wildman–Crippen LogP) is 4.35. The maximum atomic E-state index is 5.40. The van der Waals surface area contributed by atoms with Crippen LogP contribution in [0.15, 0.2) is 12.1 Å². The van der Waals surface area contributed by atoms with E-state index in [-0.39, 0.29) is 0 Å². The summed E-state index contributed by atoms with van der Waals surface area (Å²) in [4.78, 5) is 7.86. The van der Waals surface area contributed by atoms with Crippen LogP contribution in [0.5, 0.6) is 0 Å². The molecule has 1 heterocycles. The molecule has 2 aromatic rings. The summed E-state index contributed by atoms with van der Waals surface area (Å²) in [6.45, 7) is 10.3. The van der Waals surface area contributed by atoms with E-state index in [1.807, 2.05) is 13.8 Å². The lowest BCUT2D eigenvalue weighted by molar-refractivity contribution is 1.04. The molecular weight excluding hydrogens is 240 g/mol. The quantitative estimate of drug-likeness (QED) is 0.770. The molecule has 0 radical (unpaired) electrons. The highest BCUT2D eigenvalue weighted by atomic mass is 32.1. The number of aromatic amines is 1. The fraction of sp³-hybridized carbons (Fsp3) is 0.333. The normalized spacial score (nSPS) is 10.7. The molecule has 2 nitrogen and oxygen atoms in total. The maximum Gasteiger partial charge on any atom is 0.130 e. The summed E-state index contributed by atoms with van der Waals surface area (Å²) in [5, 5.41) is 0. The van der Waals surface area contributed by atoms with E-state index < -0.39 is 0 Å². The number of aromatic nitrogens is 2. The number of nitrogens with zero attached hydrogens (tertiary/aromatic N) is 1. The van der Waals surface area contributed by atoms with Crippen molar-refractivity contribution in [2.24, 2.45) is 0 Å². The highest BCUT2D eigenvalue weighted by molar-refractivity contribution is 7.71. The molecule has 0 unspecified atom stereocenters. The van der Waals surface area contributed by atoms with E-state index >= 15 is 0 Å². The first-order valence-corrected chi connectivity index (χ1v) is 6.46. The van der Waals surface area contributed by atoms with E-state index in [2.05, 4.69) is 42.9 Å². The van der Waals surface area contributed by atoms with Gasteiger partial charge in [-0.15, -0.1) is 0 Å². The molecule has 1 N–H and O–H groups in total. The van der Waals surface area contributed by atoms with Crippen LogP contribution in [0.25, 0.3) is 11.3 Å². The van der Waals surface area contributed by atoms with Gasteiger partial charge in [0.05, 0.1) is 5.69 Å². The molecule has 0 aliphatic carbocycles. The largest absolute Gasteiger partial charge is 0.347 e. The second-order valence-electron chi connectivity index (χ2n) is 4.88. The highest BCUT2D eigenvalue weighted by Gasteiger charge is 2.09. The summed E-state index contributed by atoms with van der Waals surface area (Å²) in [6, 6.07) is 4.36. The lowest BCUT2D eigenvalue weighted by atomic mass is 9.99. The van der Waals surface area contributed by atoms with Crippen LogP contribution < -0.4 is 0 Å². The van der Waals surface area contributed by atoms with Gasteiger partial charge in [-0.25, -0.2) is 4.98 Å². The first-order valence-electron chi connectivity index (χ1n) is 6.06. The molecule has 3 heteroatoms. The van der Waals surface area contributed by atoms with Crippen molar-refractivity contribution in [3.8, 4) is 11.3 Å². The van der Waals surface area contributed by atoms with Gasteiger partial charge < -0.3 is 4.98 Å². The number of nitrogens with one attached hydrogen (secondary N) is 1. The van der Waals surface area contributed by atoms with Crippen molar-refractivity contribution < 1.29 is 0 Å². The Labute approximate surface area is 113 Å². The Morgan fingerprint density at radius 1 is 0.944 bits per heavy atom. The fourth-order valence-corrected chi connectivity index (χ4v) is 2.33. The van der Waals surface area contributed by atoms with Gasteiger partial charge in [-0.3, -0.25) is 0 Å². The third-order valence-corrected chi connectivity index (χ3v) is 3.73. The van der Waals surface area contributed by atoms with Crippen molar-refractivity contribution >= 4 is 12.2 Å². The molecule has 1 aromatic carbocycles. The zero-order chi connectivity index (χ0) is 13.4. The van der Waals surface area contributed by atoms with Crippen molar-refractivity contribution in [3.63, 3.8) is 0 Å². The second-order valence-corrected chi connectivity index (χ2v) is 5.28. The van der Waals surface area contributed by atoms with Gasteiger partial charge in [-0.2, -0.15) is 0 Å². The molecule has 0 saturated carbocycles. The smallest absolute Gasteiger partial charge is 0.130 e. The second kappa shape index (κ2) is 4.65. The van der Waals surface area contributed by atoms with Gasteiger partial charge >= 0.3 is 0 Å². The average molecular weight is 258 g/mol. The lowest BCUT2D eigenvalue weighted by Gasteiger charge is -2.11. The third kappa shape index (κ3) is 2.23. The first-order chi connectivity index (χ1) is 8.40. The molecule has 1 aromatic heterocycles. The Balaban J connectivity index is 2.73. The summed E-state index contributed by atoms with van der Waals surface area (Å²) in [7, 11) is 0. The van der Waals surface area contributed by atoms with Crippen LogP contribution in [-0.4, -0.2) is 9.97 Å². The fourth-order valence-electron chi connectivity index (χ4n) is 2.02. The molecule has 2 rings (SSSR count). The number of benzene rings is 1. The molecule has 0 bridgehead atoms. The molecule has 0 amide bonds. The monoisotopic (exact) mass is 258 g/mol. The lowest BCUT2D eigenvalue weighted by Crippen LogP contribution is -1.98.